The predicted octanol–water partition coefficient (Wildman–Crippen LogP) is 2.11. The number of hydrogen-bond acceptors (Lipinski definition) is 7. The number of amides is 4. The van der Waals surface area contributed by atoms with Crippen molar-refractivity contribution >= 4 is 57.5 Å². The van der Waals surface area contributed by atoms with Crippen LogP contribution in [0.25, 0.3) is 16.3 Å². The lowest BCUT2D eigenvalue weighted by Crippen LogP contribution is -2.44. The molecule has 248 valence electrons. The van der Waals surface area contributed by atoms with E-state index in [-0.39, 0.29) is 46.9 Å². The third-order valence-electron chi connectivity index (χ3n) is 7.52. The summed E-state index contributed by atoms with van der Waals surface area (Å²) in [6, 6.07) is 26.0. The molecule has 0 spiro atoms. The van der Waals surface area contributed by atoms with E-state index < -0.39 is 49.2 Å². The average molecular weight is 662 g/mol. The lowest BCUT2D eigenvalue weighted by molar-refractivity contribution is -0.137. The monoisotopic (exact) mass is 661 g/mol. The van der Waals surface area contributed by atoms with Crippen LogP contribution in [0.3, 0.4) is 0 Å². The molecule has 2 heterocycles. The molecule has 0 radical (unpaired) electrons. The van der Waals surface area contributed by atoms with Crippen molar-refractivity contribution in [3.63, 3.8) is 0 Å². The molecule has 4 amide bonds. The first-order chi connectivity index (χ1) is 23.6. The molecule has 3 aromatic carbocycles. The molecule has 0 fully saturated rings. The number of aromatic nitrogens is 1. The summed E-state index contributed by atoms with van der Waals surface area (Å²) < 4.78 is 1.52. The first-order valence-electron chi connectivity index (χ1n) is 15.2. The van der Waals surface area contributed by atoms with Crippen LogP contribution >= 0.6 is 0 Å². The summed E-state index contributed by atoms with van der Waals surface area (Å²) >= 11 is 0. The van der Waals surface area contributed by atoms with Crippen LogP contribution < -0.4 is 21.3 Å². The Balaban J connectivity index is 1.30. The van der Waals surface area contributed by atoms with Crippen molar-refractivity contribution < 1.29 is 38.7 Å². The summed E-state index contributed by atoms with van der Waals surface area (Å²) in [4.78, 5) is 87.2. The summed E-state index contributed by atoms with van der Waals surface area (Å²) in [5, 5.41) is 19.9. The standard InChI is InChI=1S/C36H31N5O8/c42-30(37-14-12-33(45)46)19-38-31(43)20-39-32(44)21-40-36(49)27-18-29(35(48)25-11-10-22-6-4-5-9-24(22)16-25)41-15-13-26(17-28(27)41)34(47)23-7-2-1-3-8-23/h1-11,13,15-18H,12,14,19-21H2,(H,37,42)(H,38,43)(H,39,44)(H,40,49)(H,45,46). The number of pyridine rings is 1. The van der Waals surface area contributed by atoms with Gasteiger partial charge in [-0.1, -0.05) is 66.7 Å². The average Bonchev–Trinajstić information content (AvgIpc) is 3.50. The number of ketones is 2. The molecule has 0 unspecified atom stereocenters. The van der Waals surface area contributed by atoms with Crippen LogP contribution in [0.15, 0.2) is 97.2 Å². The molecule has 0 bridgehead atoms. The number of benzene rings is 3. The summed E-state index contributed by atoms with van der Waals surface area (Å²) in [5.74, 6) is -4.40. The molecule has 0 aliphatic heterocycles. The molecule has 0 atom stereocenters. The van der Waals surface area contributed by atoms with Crippen LogP contribution in [0.1, 0.15) is 48.8 Å². The lowest BCUT2D eigenvalue weighted by atomic mass is 10.0. The van der Waals surface area contributed by atoms with Gasteiger partial charge in [0.25, 0.3) is 5.91 Å². The van der Waals surface area contributed by atoms with Gasteiger partial charge in [-0.25, -0.2) is 0 Å². The number of carboxylic acids is 1. The van der Waals surface area contributed by atoms with E-state index in [1.807, 2.05) is 30.3 Å². The van der Waals surface area contributed by atoms with Crippen molar-refractivity contribution in [2.75, 3.05) is 26.2 Å². The largest absolute Gasteiger partial charge is 0.481 e. The van der Waals surface area contributed by atoms with Gasteiger partial charge in [-0.05, 0) is 35.0 Å². The number of rotatable bonds is 14. The molecule has 0 saturated heterocycles. The van der Waals surface area contributed by atoms with Gasteiger partial charge in [-0.15, -0.1) is 0 Å². The van der Waals surface area contributed by atoms with Crippen molar-refractivity contribution in [3.05, 3.63) is 125 Å². The van der Waals surface area contributed by atoms with Crippen molar-refractivity contribution in [2.45, 2.75) is 6.42 Å². The van der Waals surface area contributed by atoms with Gasteiger partial charge >= 0.3 is 5.97 Å². The summed E-state index contributed by atoms with van der Waals surface area (Å²) in [5.41, 5.74) is 1.61. The number of carbonyl (C=O) groups excluding carboxylic acids is 6. The molecule has 0 aliphatic rings. The number of fused-ring (bicyclic) bond motifs is 2. The van der Waals surface area contributed by atoms with Gasteiger partial charge in [0.15, 0.2) is 5.78 Å². The maximum atomic E-state index is 13.8. The zero-order valence-electron chi connectivity index (χ0n) is 26.0. The SMILES string of the molecule is O=C(O)CCNC(=O)CNC(=O)CNC(=O)CNC(=O)c1cc(C(=O)c2ccc3ccccc3c2)n2ccc(C(=O)c3ccccc3)cc12. The third kappa shape index (κ3) is 8.40. The molecule has 0 saturated carbocycles. The minimum absolute atomic E-state index is 0.0475. The quantitative estimate of drug-likeness (QED) is 0.112. The van der Waals surface area contributed by atoms with E-state index in [2.05, 4.69) is 21.3 Å². The fourth-order valence-electron chi connectivity index (χ4n) is 5.04. The van der Waals surface area contributed by atoms with Gasteiger partial charge in [0, 0.05) is 29.4 Å². The Morgan fingerprint density at radius 3 is 1.88 bits per heavy atom. The molecule has 5 rings (SSSR count). The Kier molecular flexibility index (Phi) is 10.5. The Morgan fingerprint density at radius 2 is 1.18 bits per heavy atom. The van der Waals surface area contributed by atoms with Gasteiger partial charge in [0.2, 0.25) is 23.5 Å². The van der Waals surface area contributed by atoms with Crippen LogP contribution in [-0.4, -0.2) is 76.9 Å². The maximum Gasteiger partial charge on any atom is 0.305 e. The molecular formula is C36H31N5O8. The van der Waals surface area contributed by atoms with Crippen molar-refractivity contribution in [1.29, 1.82) is 0 Å². The van der Waals surface area contributed by atoms with E-state index in [4.69, 9.17) is 5.11 Å². The molecule has 49 heavy (non-hydrogen) atoms. The van der Waals surface area contributed by atoms with E-state index in [0.29, 0.717) is 11.1 Å². The molecule has 13 nitrogen and oxygen atoms in total. The van der Waals surface area contributed by atoms with Crippen molar-refractivity contribution in [1.82, 2.24) is 25.7 Å². The molecular weight excluding hydrogens is 630 g/mol. The van der Waals surface area contributed by atoms with Gasteiger partial charge in [0.1, 0.15) is 0 Å². The topological polar surface area (TPSA) is 192 Å². The molecule has 13 heteroatoms. The summed E-state index contributed by atoms with van der Waals surface area (Å²) in [6.45, 7) is -1.51. The van der Waals surface area contributed by atoms with Crippen LogP contribution in [0.4, 0.5) is 0 Å². The fourth-order valence-corrected chi connectivity index (χ4v) is 5.04. The smallest absolute Gasteiger partial charge is 0.305 e. The van der Waals surface area contributed by atoms with Gasteiger partial charge in [-0.3, -0.25) is 33.6 Å². The Labute approximate surface area is 279 Å². The second-order valence-electron chi connectivity index (χ2n) is 10.9. The highest BCUT2D eigenvalue weighted by atomic mass is 16.4. The highest BCUT2D eigenvalue weighted by molar-refractivity contribution is 6.15. The van der Waals surface area contributed by atoms with Crippen LogP contribution in [0.5, 0.6) is 0 Å². The van der Waals surface area contributed by atoms with Gasteiger partial charge < -0.3 is 30.8 Å². The fraction of sp³-hybridized carbons (Fsp3) is 0.139. The van der Waals surface area contributed by atoms with Gasteiger partial charge in [0.05, 0.1) is 42.8 Å². The lowest BCUT2D eigenvalue weighted by Gasteiger charge is -2.09. The first kappa shape index (κ1) is 33.7. The van der Waals surface area contributed by atoms with Crippen LogP contribution in [-0.2, 0) is 19.2 Å². The van der Waals surface area contributed by atoms with Crippen LogP contribution in [0.2, 0.25) is 0 Å². The van der Waals surface area contributed by atoms with E-state index in [1.165, 1.54) is 16.5 Å². The Bertz CT molecular complexity index is 2100. The zero-order valence-corrected chi connectivity index (χ0v) is 26.0. The Hall–Kier alpha value is -6.63. The number of nitrogens with one attached hydrogen (secondary N) is 4. The maximum absolute atomic E-state index is 13.8. The number of aliphatic carboxylic acids is 1. The molecule has 5 N–H and O–H groups in total. The highest BCUT2D eigenvalue weighted by Crippen LogP contribution is 2.24. The highest BCUT2D eigenvalue weighted by Gasteiger charge is 2.23. The second-order valence-corrected chi connectivity index (χ2v) is 10.9. The zero-order chi connectivity index (χ0) is 34.9. The summed E-state index contributed by atoms with van der Waals surface area (Å²) in [7, 11) is 0. The predicted molar refractivity (Wildman–Crippen MR) is 178 cm³/mol. The van der Waals surface area contributed by atoms with E-state index in [1.54, 1.807) is 54.7 Å². The number of carboxylic acid groups (broad SMARTS) is 1. The first-order valence-corrected chi connectivity index (χ1v) is 15.2. The summed E-state index contributed by atoms with van der Waals surface area (Å²) in [6.07, 6.45) is 1.28. The molecule has 2 aromatic heterocycles. The van der Waals surface area contributed by atoms with Crippen molar-refractivity contribution in [2.24, 2.45) is 0 Å². The van der Waals surface area contributed by atoms with E-state index in [9.17, 15) is 33.6 Å². The number of nitrogens with zero attached hydrogens (tertiary/aromatic N) is 1. The minimum Gasteiger partial charge on any atom is -0.481 e. The van der Waals surface area contributed by atoms with Gasteiger partial charge in [-0.2, -0.15) is 0 Å². The molecule has 5 aromatic rings. The second kappa shape index (κ2) is 15.3. The Morgan fingerprint density at radius 1 is 0.571 bits per heavy atom. The van der Waals surface area contributed by atoms with Crippen molar-refractivity contribution in [3.8, 4) is 0 Å². The van der Waals surface area contributed by atoms with E-state index >= 15 is 0 Å². The minimum atomic E-state index is -1.08. The van der Waals surface area contributed by atoms with Crippen LogP contribution in [0, 0.1) is 0 Å². The number of carbonyl (C=O) groups is 7. The number of hydrogen-bond donors (Lipinski definition) is 5. The van der Waals surface area contributed by atoms with E-state index in [0.717, 1.165) is 10.8 Å². The molecule has 0 aliphatic carbocycles. The third-order valence-corrected chi connectivity index (χ3v) is 7.52. The normalized spacial score (nSPS) is 10.7.